The normalized spacial score (nSPS) is 51.4. The van der Waals surface area contributed by atoms with Crippen molar-refractivity contribution in [2.24, 2.45) is 50.7 Å². The molecular weight excluding hydrogens is 468 g/mol. The lowest BCUT2D eigenvalue weighted by Gasteiger charge is -2.63. The number of fused-ring (bicyclic) bond motifs is 2. The van der Waals surface area contributed by atoms with Crippen molar-refractivity contribution in [3.8, 4) is 0 Å². The van der Waals surface area contributed by atoms with Crippen LogP contribution in [0.4, 0.5) is 0 Å². The molecule has 11 unspecified atom stereocenters. The van der Waals surface area contributed by atoms with Crippen LogP contribution in [0.1, 0.15) is 92.4 Å². The van der Waals surface area contributed by atoms with Crippen LogP contribution in [0.25, 0.3) is 0 Å². The number of esters is 1. The number of methoxy groups -OCH3 is 1. The molecular formula is C31H48O6. The molecule has 0 bridgehead atoms. The number of ether oxygens (including phenoxy) is 1. The summed E-state index contributed by atoms with van der Waals surface area (Å²) >= 11 is 0. The van der Waals surface area contributed by atoms with Gasteiger partial charge in [-0.15, -0.1) is 0 Å². The topological polar surface area (TPSA) is 104 Å². The maximum absolute atomic E-state index is 13.1. The second kappa shape index (κ2) is 8.38. The predicted molar refractivity (Wildman–Crippen MR) is 140 cm³/mol. The number of aldehydes is 1. The zero-order chi connectivity index (χ0) is 27.2. The van der Waals surface area contributed by atoms with E-state index >= 15 is 0 Å². The van der Waals surface area contributed by atoms with Crippen LogP contribution in [0.2, 0.25) is 0 Å². The molecule has 0 aromatic carbocycles. The molecule has 5 rings (SSSR count). The predicted octanol–water partition coefficient (Wildman–Crippen LogP) is 4.44. The van der Waals surface area contributed by atoms with Gasteiger partial charge in [-0.2, -0.15) is 0 Å². The summed E-state index contributed by atoms with van der Waals surface area (Å²) in [5.74, 6) is 0.234. The standard InChI is InChI=1S/C31H48O6/c1-26(2,36)12-7-8-19(17-32)20-11-13-28(4)21-9-10-22-29(5,25(35)37-6)23(33)16-24(34)31(22)18-30(21,31)15-14-27(20,28)3/h7,12,17,19-24,33-34,36H,8-11,13-16,18H2,1-6H3. The van der Waals surface area contributed by atoms with Crippen molar-refractivity contribution in [2.45, 2.75) is 110 Å². The van der Waals surface area contributed by atoms with E-state index < -0.39 is 23.2 Å². The summed E-state index contributed by atoms with van der Waals surface area (Å²) in [6, 6.07) is 0. The van der Waals surface area contributed by atoms with E-state index in [2.05, 4.69) is 13.8 Å². The molecule has 3 N–H and O–H groups in total. The van der Waals surface area contributed by atoms with Crippen molar-refractivity contribution < 1.29 is 29.6 Å². The molecule has 6 heteroatoms. The van der Waals surface area contributed by atoms with E-state index in [1.165, 1.54) is 7.11 Å². The number of rotatable bonds is 6. The Hall–Kier alpha value is -1.24. The van der Waals surface area contributed by atoms with Gasteiger partial charge in [0.15, 0.2) is 0 Å². The molecule has 2 spiro atoms. The fraction of sp³-hybridized carbons (Fsp3) is 0.871. The lowest BCUT2D eigenvalue weighted by atomic mass is 9.41. The largest absolute Gasteiger partial charge is 0.469 e. The van der Waals surface area contributed by atoms with Gasteiger partial charge in [0.1, 0.15) is 6.29 Å². The van der Waals surface area contributed by atoms with Gasteiger partial charge in [0.2, 0.25) is 0 Å². The minimum atomic E-state index is -0.988. The average molecular weight is 517 g/mol. The number of allylic oxidation sites excluding steroid dienone is 1. The fourth-order valence-corrected chi connectivity index (χ4v) is 11.1. The Bertz CT molecular complexity index is 985. The van der Waals surface area contributed by atoms with Crippen LogP contribution < -0.4 is 0 Å². The molecule has 0 aromatic heterocycles. The van der Waals surface area contributed by atoms with Crippen molar-refractivity contribution in [2.75, 3.05) is 7.11 Å². The number of aliphatic hydroxyl groups is 3. The molecule has 0 amide bonds. The van der Waals surface area contributed by atoms with Crippen molar-refractivity contribution in [1.29, 1.82) is 0 Å². The summed E-state index contributed by atoms with van der Waals surface area (Å²) in [7, 11) is 1.40. The molecule has 5 aliphatic rings. The van der Waals surface area contributed by atoms with Crippen molar-refractivity contribution in [3.05, 3.63) is 12.2 Å². The molecule has 37 heavy (non-hydrogen) atoms. The summed E-state index contributed by atoms with van der Waals surface area (Å²) < 4.78 is 5.22. The second-order valence-corrected chi connectivity index (χ2v) is 14.7. The van der Waals surface area contributed by atoms with Gasteiger partial charge in [-0.05, 0) is 106 Å². The van der Waals surface area contributed by atoms with Gasteiger partial charge in [0.05, 0.1) is 30.3 Å². The molecule has 5 saturated carbocycles. The highest BCUT2D eigenvalue weighted by atomic mass is 16.5. The average Bonchev–Trinajstić information content (AvgIpc) is 3.45. The summed E-state index contributed by atoms with van der Waals surface area (Å²) in [5.41, 5.74) is -2.13. The number of hydrogen-bond donors (Lipinski definition) is 3. The van der Waals surface area contributed by atoms with E-state index in [0.717, 1.165) is 51.2 Å². The molecule has 5 aliphatic carbocycles. The van der Waals surface area contributed by atoms with Crippen LogP contribution in [-0.2, 0) is 14.3 Å². The first-order valence-electron chi connectivity index (χ1n) is 14.5. The number of hydrogen-bond acceptors (Lipinski definition) is 6. The molecule has 0 aliphatic heterocycles. The smallest absolute Gasteiger partial charge is 0.314 e. The van der Waals surface area contributed by atoms with Crippen molar-refractivity contribution >= 4 is 12.3 Å². The Morgan fingerprint density at radius 2 is 1.70 bits per heavy atom. The SMILES string of the molecule is COC(=O)C1(C)C(O)CC(O)C23CC24CCC2(C)C(C(C=O)CC=CC(C)(C)O)CCC2(C)C4CCC13. The van der Waals surface area contributed by atoms with Gasteiger partial charge >= 0.3 is 5.97 Å². The lowest BCUT2D eigenvalue weighted by Crippen LogP contribution is -2.63. The molecule has 0 aromatic rings. The van der Waals surface area contributed by atoms with Crippen LogP contribution in [-0.4, -0.2) is 52.5 Å². The highest BCUT2D eigenvalue weighted by Gasteiger charge is 2.85. The van der Waals surface area contributed by atoms with E-state index in [1.54, 1.807) is 19.9 Å². The molecule has 0 heterocycles. The molecule has 11 atom stereocenters. The van der Waals surface area contributed by atoms with Crippen molar-refractivity contribution in [3.63, 3.8) is 0 Å². The van der Waals surface area contributed by atoms with Gasteiger partial charge in [-0.1, -0.05) is 26.0 Å². The summed E-state index contributed by atoms with van der Waals surface area (Å²) in [6.07, 6.45) is 11.1. The van der Waals surface area contributed by atoms with E-state index in [9.17, 15) is 24.9 Å². The lowest BCUT2D eigenvalue weighted by molar-refractivity contribution is -0.212. The quantitative estimate of drug-likeness (QED) is 0.274. The van der Waals surface area contributed by atoms with Gasteiger partial charge in [-0.25, -0.2) is 0 Å². The van der Waals surface area contributed by atoms with E-state index in [-0.39, 0.29) is 45.9 Å². The Morgan fingerprint density at radius 3 is 2.32 bits per heavy atom. The fourth-order valence-electron chi connectivity index (χ4n) is 11.1. The third-order valence-corrected chi connectivity index (χ3v) is 13.1. The van der Waals surface area contributed by atoms with Gasteiger partial charge in [-0.3, -0.25) is 4.79 Å². The maximum Gasteiger partial charge on any atom is 0.314 e. The second-order valence-electron chi connectivity index (χ2n) is 14.7. The summed E-state index contributed by atoms with van der Waals surface area (Å²) in [6.45, 7) is 10.2. The first-order chi connectivity index (χ1) is 17.2. The number of aliphatic hydroxyl groups excluding tert-OH is 2. The zero-order valence-corrected chi connectivity index (χ0v) is 23.6. The van der Waals surface area contributed by atoms with Crippen molar-refractivity contribution in [1.82, 2.24) is 0 Å². The van der Waals surface area contributed by atoms with E-state index in [4.69, 9.17) is 4.74 Å². The minimum Gasteiger partial charge on any atom is -0.469 e. The van der Waals surface area contributed by atoms with E-state index in [1.807, 2.05) is 13.0 Å². The monoisotopic (exact) mass is 516 g/mol. The zero-order valence-electron chi connectivity index (χ0n) is 23.6. The Morgan fingerprint density at radius 1 is 1.03 bits per heavy atom. The van der Waals surface area contributed by atoms with Crippen LogP contribution >= 0.6 is 0 Å². The minimum absolute atomic E-state index is 0.00854. The summed E-state index contributed by atoms with van der Waals surface area (Å²) in [5, 5.41) is 32.7. The first kappa shape index (κ1) is 27.3. The van der Waals surface area contributed by atoms with Crippen LogP contribution in [0, 0.1) is 50.7 Å². The third-order valence-electron chi connectivity index (χ3n) is 13.1. The molecule has 0 radical (unpaired) electrons. The molecule has 208 valence electrons. The van der Waals surface area contributed by atoms with E-state index in [0.29, 0.717) is 18.3 Å². The molecule has 0 saturated heterocycles. The molecule has 6 nitrogen and oxygen atoms in total. The number of carbonyl (C=O) groups excluding carboxylic acids is 2. The first-order valence-corrected chi connectivity index (χ1v) is 14.5. The Balaban J connectivity index is 1.46. The molecule has 5 fully saturated rings. The van der Waals surface area contributed by atoms with Gasteiger partial charge in [0.25, 0.3) is 0 Å². The summed E-state index contributed by atoms with van der Waals surface area (Å²) in [4.78, 5) is 25.4. The Labute approximate surface area is 222 Å². The highest BCUT2D eigenvalue weighted by molar-refractivity contribution is 5.78. The Kier molecular flexibility index (Phi) is 6.19. The highest BCUT2D eigenvalue weighted by Crippen LogP contribution is 2.89. The van der Waals surface area contributed by atoms with Crippen LogP contribution in [0.5, 0.6) is 0 Å². The van der Waals surface area contributed by atoms with Crippen LogP contribution in [0.15, 0.2) is 12.2 Å². The third kappa shape index (κ3) is 3.34. The van der Waals surface area contributed by atoms with Gasteiger partial charge in [0, 0.05) is 17.8 Å². The van der Waals surface area contributed by atoms with Gasteiger partial charge < -0.3 is 24.9 Å². The van der Waals surface area contributed by atoms with Crippen LogP contribution in [0.3, 0.4) is 0 Å². The maximum atomic E-state index is 13.1. The number of carbonyl (C=O) groups is 2.